The van der Waals surface area contributed by atoms with Gasteiger partial charge in [-0.05, 0) is 56.0 Å². The fraction of sp³-hybridized carbons (Fsp3) is 0.240. The van der Waals surface area contributed by atoms with Gasteiger partial charge in [0.1, 0.15) is 11.4 Å². The minimum Gasteiger partial charge on any atom is -0.507 e. The minimum absolute atomic E-state index is 0.0445. The van der Waals surface area contributed by atoms with Crippen LogP contribution >= 0.6 is 0 Å². The summed E-state index contributed by atoms with van der Waals surface area (Å²) in [6.45, 7) is 0. The Morgan fingerprint density at radius 3 is 2.53 bits per heavy atom. The van der Waals surface area contributed by atoms with Crippen molar-refractivity contribution in [1.29, 1.82) is 0 Å². The van der Waals surface area contributed by atoms with E-state index >= 15 is 0 Å². The predicted molar refractivity (Wildman–Crippen MR) is 126 cm³/mol. The molecular formula is C25H22N6O3. The normalized spacial score (nSPS) is 15.3. The number of fused-ring (bicyclic) bond motifs is 1. The van der Waals surface area contributed by atoms with Crippen molar-refractivity contribution in [1.82, 2.24) is 25.1 Å². The average molecular weight is 454 g/mol. The lowest BCUT2D eigenvalue weighted by molar-refractivity contribution is 0.102. The molecule has 6 rings (SSSR count). The molecule has 2 amide bonds. The van der Waals surface area contributed by atoms with Crippen molar-refractivity contribution in [3.05, 3.63) is 66.1 Å². The van der Waals surface area contributed by atoms with Crippen LogP contribution in [0.3, 0.4) is 0 Å². The van der Waals surface area contributed by atoms with E-state index in [-0.39, 0.29) is 23.5 Å². The molecular weight excluding hydrogens is 432 g/mol. The van der Waals surface area contributed by atoms with Crippen molar-refractivity contribution in [3.8, 4) is 17.0 Å². The highest BCUT2D eigenvalue weighted by molar-refractivity contribution is 6.03. The molecule has 2 fully saturated rings. The lowest BCUT2D eigenvalue weighted by Crippen LogP contribution is -2.32. The van der Waals surface area contributed by atoms with Gasteiger partial charge in [0.25, 0.3) is 5.91 Å². The second kappa shape index (κ2) is 7.95. The summed E-state index contributed by atoms with van der Waals surface area (Å²) in [5, 5.41) is 20.9. The van der Waals surface area contributed by atoms with Crippen molar-refractivity contribution >= 4 is 28.7 Å². The van der Waals surface area contributed by atoms with Gasteiger partial charge >= 0.3 is 6.03 Å². The Morgan fingerprint density at radius 2 is 1.79 bits per heavy atom. The molecule has 0 unspecified atom stereocenters. The molecule has 0 bridgehead atoms. The van der Waals surface area contributed by atoms with Crippen LogP contribution in [0.15, 0.2) is 54.7 Å². The number of para-hydroxylation sites is 2. The molecule has 0 radical (unpaired) electrons. The van der Waals surface area contributed by atoms with Gasteiger partial charge in [0.05, 0.1) is 28.6 Å². The monoisotopic (exact) mass is 454 g/mol. The van der Waals surface area contributed by atoms with Gasteiger partial charge in [-0.1, -0.05) is 12.1 Å². The molecule has 2 saturated carbocycles. The van der Waals surface area contributed by atoms with Gasteiger partial charge in [-0.25, -0.2) is 9.78 Å². The lowest BCUT2D eigenvalue weighted by Gasteiger charge is -2.08. The summed E-state index contributed by atoms with van der Waals surface area (Å²) in [6, 6.07) is 14.0. The smallest absolute Gasteiger partial charge is 0.342 e. The molecule has 9 nitrogen and oxygen atoms in total. The van der Waals surface area contributed by atoms with Crippen LogP contribution in [-0.4, -0.2) is 42.8 Å². The van der Waals surface area contributed by atoms with Gasteiger partial charge in [0.2, 0.25) is 0 Å². The van der Waals surface area contributed by atoms with Crippen molar-refractivity contribution < 1.29 is 14.7 Å². The number of phenolic OH excluding ortho intramolecular Hbond substituents is 1. The molecule has 0 spiro atoms. The maximum Gasteiger partial charge on any atom is 0.342 e. The second-order valence-electron chi connectivity index (χ2n) is 8.79. The molecule has 170 valence electrons. The topological polar surface area (TPSA) is 122 Å². The Bertz CT molecular complexity index is 1440. The van der Waals surface area contributed by atoms with Crippen molar-refractivity contribution in [2.45, 2.75) is 37.6 Å². The van der Waals surface area contributed by atoms with E-state index in [1.54, 1.807) is 18.2 Å². The SMILES string of the molecule is O=C(Nc1ccc(-c2cc(C3CC3)n(C(=O)NC3CC3)n2)c(O)c1)c1cnc2ccccc2n1. The summed E-state index contributed by atoms with van der Waals surface area (Å²) >= 11 is 0. The number of hydrogen-bond donors (Lipinski definition) is 3. The molecule has 0 atom stereocenters. The lowest BCUT2D eigenvalue weighted by atomic mass is 10.1. The molecule has 34 heavy (non-hydrogen) atoms. The number of rotatable bonds is 5. The average Bonchev–Trinajstić information content (AvgIpc) is 3.78. The molecule has 2 heterocycles. The zero-order chi connectivity index (χ0) is 23.2. The van der Waals surface area contributed by atoms with Crippen LogP contribution in [-0.2, 0) is 0 Å². The summed E-state index contributed by atoms with van der Waals surface area (Å²) in [6.07, 6.45) is 5.46. The molecule has 4 aromatic rings. The number of aromatic nitrogens is 4. The molecule has 0 saturated heterocycles. The molecule has 2 aliphatic rings. The van der Waals surface area contributed by atoms with Gasteiger partial charge in [0, 0.05) is 29.3 Å². The van der Waals surface area contributed by atoms with Crippen LogP contribution in [0.1, 0.15) is 47.8 Å². The third kappa shape index (κ3) is 3.96. The first kappa shape index (κ1) is 20.3. The van der Waals surface area contributed by atoms with E-state index < -0.39 is 5.91 Å². The first-order valence-corrected chi connectivity index (χ1v) is 11.3. The van der Waals surface area contributed by atoms with E-state index in [2.05, 4.69) is 25.7 Å². The van der Waals surface area contributed by atoms with Gasteiger partial charge in [-0.3, -0.25) is 9.78 Å². The largest absolute Gasteiger partial charge is 0.507 e. The Labute approximate surface area is 194 Å². The van der Waals surface area contributed by atoms with E-state index in [0.717, 1.165) is 31.4 Å². The number of nitrogens with zero attached hydrogens (tertiary/aromatic N) is 4. The zero-order valence-electron chi connectivity index (χ0n) is 18.2. The zero-order valence-corrected chi connectivity index (χ0v) is 18.2. The second-order valence-corrected chi connectivity index (χ2v) is 8.79. The highest BCUT2D eigenvalue weighted by Gasteiger charge is 2.32. The quantitative estimate of drug-likeness (QED) is 0.418. The fourth-order valence-electron chi connectivity index (χ4n) is 3.91. The maximum atomic E-state index is 12.7. The number of benzene rings is 2. The third-order valence-corrected chi connectivity index (χ3v) is 6.04. The predicted octanol–water partition coefficient (Wildman–Crippen LogP) is 4.05. The summed E-state index contributed by atoms with van der Waals surface area (Å²) in [5.74, 6) is -0.158. The van der Waals surface area contributed by atoms with Crippen LogP contribution in [0.5, 0.6) is 5.75 Å². The fourth-order valence-corrected chi connectivity index (χ4v) is 3.91. The van der Waals surface area contributed by atoms with Gasteiger partial charge in [-0.15, -0.1) is 0 Å². The van der Waals surface area contributed by atoms with Crippen LogP contribution in [0.2, 0.25) is 0 Å². The number of hydrogen-bond acceptors (Lipinski definition) is 6. The first-order valence-electron chi connectivity index (χ1n) is 11.3. The number of anilines is 1. The van der Waals surface area contributed by atoms with Crippen LogP contribution in [0.4, 0.5) is 10.5 Å². The van der Waals surface area contributed by atoms with Gasteiger partial charge in [0.15, 0.2) is 0 Å². The Balaban J connectivity index is 1.24. The molecule has 3 N–H and O–H groups in total. The van der Waals surface area contributed by atoms with E-state index in [9.17, 15) is 14.7 Å². The molecule has 9 heteroatoms. The molecule has 0 aliphatic heterocycles. The number of amides is 2. The van der Waals surface area contributed by atoms with E-state index in [0.29, 0.717) is 33.9 Å². The van der Waals surface area contributed by atoms with E-state index in [4.69, 9.17) is 0 Å². The first-order chi connectivity index (χ1) is 16.5. The van der Waals surface area contributed by atoms with E-state index in [1.807, 2.05) is 24.3 Å². The van der Waals surface area contributed by atoms with Crippen molar-refractivity contribution in [2.75, 3.05) is 5.32 Å². The number of phenols is 1. The minimum atomic E-state index is -0.428. The number of nitrogens with one attached hydrogen (secondary N) is 2. The van der Waals surface area contributed by atoms with Crippen molar-refractivity contribution in [3.63, 3.8) is 0 Å². The van der Waals surface area contributed by atoms with Crippen LogP contribution < -0.4 is 10.6 Å². The third-order valence-electron chi connectivity index (χ3n) is 6.04. The molecule has 2 aromatic carbocycles. The van der Waals surface area contributed by atoms with Crippen LogP contribution in [0.25, 0.3) is 22.3 Å². The Hall–Kier alpha value is -4.27. The molecule has 2 aromatic heterocycles. The van der Waals surface area contributed by atoms with E-state index in [1.165, 1.54) is 16.9 Å². The number of aromatic hydroxyl groups is 1. The van der Waals surface area contributed by atoms with Crippen LogP contribution in [0, 0.1) is 0 Å². The van der Waals surface area contributed by atoms with Gasteiger partial charge in [-0.2, -0.15) is 9.78 Å². The summed E-state index contributed by atoms with van der Waals surface area (Å²) in [5.41, 5.74) is 3.79. The van der Waals surface area contributed by atoms with Gasteiger partial charge < -0.3 is 15.7 Å². The Morgan fingerprint density at radius 1 is 1.00 bits per heavy atom. The number of carbonyl (C=O) groups is 2. The highest BCUT2D eigenvalue weighted by Crippen LogP contribution is 2.42. The van der Waals surface area contributed by atoms with Crippen molar-refractivity contribution in [2.24, 2.45) is 0 Å². The summed E-state index contributed by atoms with van der Waals surface area (Å²) in [4.78, 5) is 33.9. The summed E-state index contributed by atoms with van der Waals surface area (Å²) in [7, 11) is 0. The highest BCUT2D eigenvalue weighted by atomic mass is 16.3. The Kier molecular flexibility index (Phi) is 4.75. The molecule has 2 aliphatic carbocycles. The maximum absolute atomic E-state index is 12.7. The number of carbonyl (C=O) groups excluding carboxylic acids is 2. The standard InChI is InChI=1S/C25H22N6O3/c32-23-11-16(27-24(33)21-13-26-18-3-1-2-4-19(18)29-21)9-10-17(23)20-12-22(14-5-6-14)31(30-20)25(34)28-15-7-8-15/h1-4,9-15,32H,5-8H2,(H,27,33)(H,28,34). The summed E-state index contributed by atoms with van der Waals surface area (Å²) < 4.78 is 1.43.